The van der Waals surface area contributed by atoms with Gasteiger partial charge < -0.3 is 35.9 Å². The third-order valence-corrected chi connectivity index (χ3v) is 9.31. The van der Waals surface area contributed by atoms with Gasteiger partial charge in [0.1, 0.15) is 15.0 Å². The Kier molecular flexibility index (Phi) is 9.28. The van der Waals surface area contributed by atoms with Crippen molar-refractivity contribution in [2.24, 2.45) is 9.98 Å². The number of fused-ring (bicyclic) bond motifs is 2. The molecule has 1 aromatic heterocycles. The number of H-pyrrole nitrogens is 1. The molecule has 0 aliphatic heterocycles. The number of anilines is 5. The van der Waals surface area contributed by atoms with Gasteiger partial charge in [-0.3, -0.25) is 24.1 Å². The fourth-order valence-electron chi connectivity index (χ4n) is 5.15. The molecular weight excluding hydrogens is 760 g/mol. The van der Waals surface area contributed by atoms with Gasteiger partial charge in [0.2, 0.25) is 16.9 Å². The first-order valence-electron chi connectivity index (χ1n) is 14.4. The van der Waals surface area contributed by atoms with Gasteiger partial charge in [-0.05, 0) is 60.1 Å². The molecule has 6 N–H and O–H groups in total. The highest BCUT2D eigenvalue weighted by Crippen LogP contribution is 2.40. The van der Waals surface area contributed by atoms with Gasteiger partial charge in [-0.25, -0.2) is 13.4 Å². The van der Waals surface area contributed by atoms with Gasteiger partial charge in [0.05, 0.1) is 44.7 Å². The number of aromatic nitrogens is 3. The minimum atomic E-state index is -5.31. The molecule has 0 saturated heterocycles. The van der Waals surface area contributed by atoms with Crippen molar-refractivity contribution < 1.29 is 50.5 Å². The molecule has 19 nitrogen and oxygen atoms in total. The Bertz CT molecular complexity index is 2740. The van der Waals surface area contributed by atoms with E-state index in [9.17, 15) is 50.5 Å². The highest BCUT2D eigenvalue weighted by molar-refractivity contribution is 7.86. The number of halogens is 1. The number of aromatic amines is 1. The number of ketones is 2. The van der Waals surface area contributed by atoms with Crippen molar-refractivity contribution in [3.8, 4) is 0 Å². The number of carbonyl (C=O) groups is 3. The molecule has 1 aliphatic carbocycles. The molecule has 0 atom stereocenters. The second-order valence-corrected chi connectivity index (χ2v) is 13.9. The first kappa shape index (κ1) is 36.3. The molecule has 0 saturated carbocycles. The number of rotatable bonds is 8. The lowest BCUT2D eigenvalue weighted by Gasteiger charge is -2.24. The maximum Gasteiger partial charge on any atom is 0.296 e. The Morgan fingerprint density at radius 2 is 1.47 bits per heavy atom. The number of aliphatic carboxylic acids is 1. The number of hydrogen-bond acceptors (Lipinski definition) is 17. The quantitative estimate of drug-likeness (QED) is 0.0618. The van der Waals surface area contributed by atoms with Gasteiger partial charge >= 0.3 is 0 Å². The molecule has 270 valence electrons. The van der Waals surface area contributed by atoms with Crippen LogP contribution >= 0.6 is 11.6 Å². The van der Waals surface area contributed by atoms with E-state index < -0.39 is 70.4 Å². The number of benzene rings is 4. The number of nitrogen functional groups attached to an aromatic ring is 1. The molecule has 22 heteroatoms. The van der Waals surface area contributed by atoms with Crippen molar-refractivity contribution in [2.75, 3.05) is 16.4 Å². The van der Waals surface area contributed by atoms with Crippen molar-refractivity contribution in [1.29, 1.82) is 0 Å². The maximum absolute atomic E-state index is 13.6. The van der Waals surface area contributed by atoms with E-state index in [0.717, 1.165) is 18.2 Å². The van der Waals surface area contributed by atoms with Crippen molar-refractivity contribution in [3.63, 3.8) is 0 Å². The summed E-state index contributed by atoms with van der Waals surface area (Å²) in [7, 11) is -10.4. The monoisotopic (exact) mass is 777 g/mol. The fourth-order valence-corrected chi connectivity index (χ4v) is 6.60. The van der Waals surface area contributed by atoms with Gasteiger partial charge in [-0.2, -0.15) is 18.4 Å². The fraction of sp³-hybridized carbons (Fsp3) is 0. The highest BCUT2D eigenvalue weighted by Gasteiger charge is 2.36. The average molecular weight is 778 g/mol. The van der Waals surface area contributed by atoms with Crippen molar-refractivity contribution in [2.45, 2.75) is 9.79 Å². The van der Waals surface area contributed by atoms with Crippen LogP contribution in [-0.4, -0.2) is 64.3 Å². The van der Waals surface area contributed by atoms with Crippen molar-refractivity contribution >= 4 is 95.3 Å². The number of aliphatic imine (C=N–C) groups is 1. The Balaban J connectivity index is 1.39. The molecule has 0 amide bonds. The highest BCUT2D eigenvalue weighted by atomic mass is 35.5. The average Bonchev–Trinajstić information content (AvgIpc) is 3.08. The molecule has 0 spiro atoms. The SMILES string of the molecule is Nc1c(S(=O)(=O)O)cc(Nc2ccc(N=c3nc(Nc4ccc(N=C([O-])C(=O)[O-])cc4)nc(Cl)[nH]3)c(S(=O)(=O)[O-])c2)c2c1C(=O)c1ccccc1C2=O. The second-order valence-electron chi connectivity index (χ2n) is 10.8. The van der Waals surface area contributed by atoms with E-state index in [1.165, 1.54) is 54.6 Å². The van der Waals surface area contributed by atoms with E-state index in [4.69, 9.17) is 17.3 Å². The molecule has 5 aromatic rings. The van der Waals surface area contributed by atoms with Crippen LogP contribution in [0.2, 0.25) is 5.28 Å². The van der Waals surface area contributed by atoms with Crippen LogP contribution in [0.5, 0.6) is 0 Å². The molecule has 53 heavy (non-hydrogen) atoms. The Morgan fingerprint density at radius 1 is 0.849 bits per heavy atom. The normalized spacial score (nSPS) is 13.3. The molecule has 1 heterocycles. The summed E-state index contributed by atoms with van der Waals surface area (Å²) in [5.41, 5.74) is 3.25. The number of nitrogens with two attached hydrogens (primary N) is 1. The third kappa shape index (κ3) is 7.44. The smallest absolute Gasteiger partial charge is 0.296 e. The van der Waals surface area contributed by atoms with Crippen LogP contribution in [0.25, 0.3) is 0 Å². The first-order chi connectivity index (χ1) is 24.9. The number of hydrogen-bond donors (Lipinski definition) is 5. The van der Waals surface area contributed by atoms with E-state index in [1.807, 2.05) is 0 Å². The van der Waals surface area contributed by atoms with Crippen LogP contribution in [0.15, 0.2) is 92.6 Å². The molecule has 0 radical (unpaired) electrons. The number of nitrogens with one attached hydrogen (secondary N) is 3. The van der Waals surface area contributed by atoms with Crippen LogP contribution in [0, 0.1) is 0 Å². The van der Waals surface area contributed by atoms with E-state index in [1.54, 1.807) is 0 Å². The zero-order valence-corrected chi connectivity index (χ0v) is 28.4. The van der Waals surface area contributed by atoms with Gasteiger partial charge in [-0.15, -0.1) is 0 Å². The van der Waals surface area contributed by atoms with Crippen LogP contribution < -0.4 is 32.2 Å². The summed E-state index contributed by atoms with van der Waals surface area (Å²) in [4.78, 5) is 53.8. The molecule has 6 rings (SSSR count). The second kappa shape index (κ2) is 13.6. The summed E-state index contributed by atoms with van der Waals surface area (Å²) in [6.07, 6.45) is 0. The van der Waals surface area contributed by atoms with E-state index in [-0.39, 0.29) is 50.6 Å². The molecule has 0 fully saturated rings. The largest absolute Gasteiger partial charge is 0.857 e. The predicted molar refractivity (Wildman–Crippen MR) is 180 cm³/mol. The van der Waals surface area contributed by atoms with Crippen molar-refractivity contribution in [3.05, 3.63) is 106 Å². The minimum Gasteiger partial charge on any atom is -0.857 e. The Labute approximate surface area is 302 Å². The van der Waals surface area contributed by atoms with Crippen LogP contribution in [0.1, 0.15) is 31.8 Å². The molecule has 0 bridgehead atoms. The molecule has 0 unspecified atom stereocenters. The van der Waals surface area contributed by atoms with Gasteiger partial charge in [0.25, 0.3) is 10.1 Å². The minimum absolute atomic E-state index is 0.00523. The summed E-state index contributed by atoms with van der Waals surface area (Å²) in [6, 6.07) is 14.9. The van der Waals surface area contributed by atoms with E-state index in [0.29, 0.717) is 5.69 Å². The lowest BCUT2D eigenvalue weighted by atomic mass is 9.82. The van der Waals surface area contributed by atoms with Crippen molar-refractivity contribution in [1.82, 2.24) is 15.0 Å². The Morgan fingerprint density at radius 3 is 2.08 bits per heavy atom. The molecule has 1 aliphatic rings. The zero-order valence-electron chi connectivity index (χ0n) is 26.0. The van der Waals surface area contributed by atoms with Gasteiger partial charge in [0, 0.05) is 28.4 Å². The summed E-state index contributed by atoms with van der Waals surface area (Å²) in [6.45, 7) is 0. The Hall–Kier alpha value is -6.52. The van der Waals surface area contributed by atoms with Gasteiger partial charge in [-0.1, -0.05) is 24.3 Å². The van der Waals surface area contributed by atoms with Crippen LogP contribution in [0.4, 0.5) is 40.1 Å². The number of carboxylic acids is 1. The summed E-state index contributed by atoms with van der Waals surface area (Å²) in [5.74, 6) is -5.21. The van der Waals surface area contributed by atoms with E-state index >= 15 is 0 Å². The van der Waals surface area contributed by atoms with Crippen LogP contribution in [-0.2, 0) is 25.0 Å². The predicted octanol–water partition coefficient (Wildman–Crippen LogP) is 0.826. The summed E-state index contributed by atoms with van der Waals surface area (Å²) in [5, 5.41) is 27.0. The topological polar surface area (TPSA) is 325 Å². The number of carbonyl (C=O) groups excluding carboxylic acids is 3. The number of carboxylic acid groups (broad SMARTS) is 1. The lowest BCUT2D eigenvalue weighted by molar-refractivity contribution is -0.312. The molecular formula is C31H18ClN8O11S2-3. The lowest BCUT2D eigenvalue weighted by Crippen LogP contribution is -2.39. The summed E-state index contributed by atoms with van der Waals surface area (Å²) >= 11 is 6.08. The van der Waals surface area contributed by atoms with Crippen LogP contribution in [0.3, 0.4) is 0 Å². The van der Waals surface area contributed by atoms with Gasteiger partial charge in [0.15, 0.2) is 11.6 Å². The maximum atomic E-state index is 13.6. The first-order valence-corrected chi connectivity index (χ1v) is 17.7. The third-order valence-electron chi connectivity index (χ3n) is 7.37. The standard InChI is InChI=1S/C31H21ClN8O11S2/c32-29-38-30(36-14-7-5-13(6-8-14)35-27(43)28(44)45)40-31(39-29)37-18-10-9-15(11-20(18)52(46,47)48)34-19-12-21(53(49,50)51)24(33)23-22(19)25(41)16-3-1-2-4-17(16)26(23)42/h1-12,34H,33H2,(H,35,43)(H,44,45)(H,46,47,48)(H,49,50,51)(H2,36,37,38,39,40)/p-3. The zero-order chi connectivity index (χ0) is 38.4. The van der Waals surface area contributed by atoms with E-state index in [2.05, 4.69) is 35.6 Å². The summed E-state index contributed by atoms with van der Waals surface area (Å²) < 4.78 is 71.7. The molecule has 4 aromatic carbocycles. The number of nitrogens with zero attached hydrogens (tertiary/aromatic N) is 4.